The van der Waals surface area contributed by atoms with E-state index in [0.29, 0.717) is 11.6 Å². The van der Waals surface area contributed by atoms with Crippen molar-refractivity contribution in [2.75, 3.05) is 0 Å². The van der Waals surface area contributed by atoms with Gasteiger partial charge in [0.1, 0.15) is 11.9 Å². The van der Waals surface area contributed by atoms with Gasteiger partial charge >= 0.3 is 5.97 Å². The molecule has 0 aliphatic heterocycles. The molecule has 1 atom stereocenters. The fourth-order valence-corrected chi connectivity index (χ4v) is 2.35. The zero-order chi connectivity index (χ0) is 14.9. The first-order valence-corrected chi connectivity index (χ1v) is 6.85. The number of aryl methyl sites for hydroxylation is 1. The van der Waals surface area contributed by atoms with Crippen LogP contribution in [0.2, 0.25) is 5.02 Å². The summed E-state index contributed by atoms with van der Waals surface area (Å²) in [6, 6.07) is 4.92. The van der Waals surface area contributed by atoms with Crippen molar-refractivity contribution in [3.05, 3.63) is 29.0 Å². The number of carbonyl (C=O) groups is 1. The van der Waals surface area contributed by atoms with E-state index >= 15 is 0 Å². The van der Waals surface area contributed by atoms with Crippen molar-refractivity contribution in [3.8, 4) is 0 Å². The molecular weight excluding hydrogens is 278 g/mol. The van der Waals surface area contributed by atoms with Crippen LogP contribution in [-0.4, -0.2) is 26.7 Å². The molecule has 108 valence electrons. The molecule has 2 rings (SSSR count). The van der Waals surface area contributed by atoms with Crippen LogP contribution in [0.4, 0.5) is 0 Å². The molecule has 0 bridgehead atoms. The summed E-state index contributed by atoms with van der Waals surface area (Å²) in [6.45, 7) is 4.15. The predicted molar refractivity (Wildman–Crippen MR) is 78.8 cm³/mol. The maximum Gasteiger partial charge on any atom is 0.320 e. The van der Waals surface area contributed by atoms with Crippen molar-refractivity contribution in [2.45, 2.75) is 26.4 Å². The van der Waals surface area contributed by atoms with E-state index in [-0.39, 0.29) is 5.92 Å². The number of rotatable bonds is 5. The zero-order valence-corrected chi connectivity index (χ0v) is 12.5. The Labute approximate surface area is 122 Å². The molecule has 1 aromatic carbocycles. The lowest BCUT2D eigenvalue weighted by Crippen LogP contribution is -2.40. The molecule has 0 unspecified atom stereocenters. The van der Waals surface area contributed by atoms with Gasteiger partial charge in [-0.15, -0.1) is 0 Å². The number of nitrogens with one attached hydrogen (secondary N) is 1. The van der Waals surface area contributed by atoms with Crippen LogP contribution in [0.3, 0.4) is 0 Å². The first-order valence-electron chi connectivity index (χ1n) is 6.47. The molecule has 1 heterocycles. The van der Waals surface area contributed by atoms with Crippen molar-refractivity contribution in [3.63, 3.8) is 0 Å². The molecule has 1 aromatic heterocycles. The second-order valence-electron chi connectivity index (χ2n) is 5.16. The summed E-state index contributed by atoms with van der Waals surface area (Å²) < 4.78 is 1.92. The van der Waals surface area contributed by atoms with Gasteiger partial charge in [-0.3, -0.25) is 10.1 Å². The Morgan fingerprint density at radius 2 is 2.20 bits per heavy atom. The van der Waals surface area contributed by atoms with Crippen LogP contribution in [0.5, 0.6) is 0 Å². The summed E-state index contributed by atoms with van der Waals surface area (Å²) >= 11 is 5.98. The standard InChI is InChI=1S/C14H18ClN3O2/c1-8(2)13(14(19)20)16-7-12-17-10-5-4-9(15)6-11(10)18(12)3/h4-6,8,13,16H,7H2,1-3H3,(H,19,20)/t13-/m1/s1. The number of imidazole rings is 1. The average molecular weight is 296 g/mol. The molecule has 6 heteroatoms. The van der Waals surface area contributed by atoms with Gasteiger partial charge in [0.2, 0.25) is 0 Å². The van der Waals surface area contributed by atoms with Gasteiger partial charge in [-0.05, 0) is 24.1 Å². The van der Waals surface area contributed by atoms with E-state index in [4.69, 9.17) is 16.7 Å². The van der Waals surface area contributed by atoms with Crippen molar-refractivity contribution in [1.29, 1.82) is 0 Å². The molecule has 0 aliphatic carbocycles. The van der Waals surface area contributed by atoms with Crippen LogP contribution in [0.25, 0.3) is 11.0 Å². The lowest BCUT2D eigenvalue weighted by atomic mass is 10.1. The van der Waals surface area contributed by atoms with Crippen LogP contribution in [0.1, 0.15) is 19.7 Å². The first kappa shape index (κ1) is 14.8. The fourth-order valence-electron chi connectivity index (χ4n) is 2.18. The van der Waals surface area contributed by atoms with Crippen molar-refractivity contribution < 1.29 is 9.90 Å². The quantitative estimate of drug-likeness (QED) is 0.889. The largest absolute Gasteiger partial charge is 0.480 e. The number of carboxylic acid groups (broad SMARTS) is 1. The van der Waals surface area contributed by atoms with Crippen LogP contribution in [0.15, 0.2) is 18.2 Å². The minimum absolute atomic E-state index is 0.0108. The molecule has 0 radical (unpaired) electrons. The van der Waals surface area contributed by atoms with Gasteiger partial charge in [-0.25, -0.2) is 4.98 Å². The van der Waals surface area contributed by atoms with Gasteiger partial charge < -0.3 is 9.67 Å². The summed E-state index contributed by atoms with van der Waals surface area (Å²) in [6.07, 6.45) is 0. The number of fused-ring (bicyclic) bond motifs is 1. The molecule has 2 N–H and O–H groups in total. The highest BCUT2D eigenvalue weighted by molar-refractivity contribution is 6.31. The maximum absolute atomic E-state index is 11.2. The number of aromatic nitrogens is 2. The minimum atomic E-state index is -0.846. The Morgan fingerprint density at radius 3 is 2.80 bits per heavy atom. The molecule has 0 saturated carbocycles. The number of aliphatic carboxylic acids is 1. The number of hydrogen-bond acceptors (Lipinski definition) is 3. The number of halogens is 1. The third kappa shape index (κ3) is 2.94. The van der Waals surface area contributed by atoms with Crippen LogP contribution in [-0.2, 0) is 18.4 Å². The molecule has 20 heavy (non-hydrogen) atoms. The number of carboxylic acids is 1. The Hall–Kier alpha value is -1.59. The minimum Gasteiger partial charge on any atom is -0.480 e. The predicted octanol–water partition coefficient (Wildman–Crippen LogP) is 2.43. The van der Waals surface area contributed by atoms with E-state index in [0.717, 1.165) is 16.9 Å². The summed E-state index contributed by atoms with van der Waals surface area (Å²) in [7, 11) is 1.90. The third-order valence-electron chi connectivity index (χ3n) is 3.35. The van der Waals surface area contributed by atoms with Gasteiger partial charge in [-0.2, -0.15) is 0 Å². The van der Waals surface area contributed by atoms with E-state index in [1.807, 2.05) is 37.6 Å². The molecule has 0 amide bonds. The van der Waals surface area contributed by atoms with Crippen LogP contribution >= 0.6 is 11.6 Å². The summed E-state index contributed by atoms with van der Waals surface area (Å²) in [5, 5.41) is 12.9. The topological polar surface area (TPSA) is 67.2 Å². The highest BCUT2D eigenvalue weighted by Crippen LogP contribution is 2.19. The summed E-state index contributed by atoms with van der Waals surface area (Å²) in [4.78, 5) is 15.6. The molecule has 0 spiro atoms. The normalized spacial score (nSPS) is 13.1. The molecule has 5 nitrogen and oxygen atoms in total. The van der Waals surface area contributed by atoms with E-state index in [1.54, 1.807) is 6.07 Å². The van der Waals surface area contributed by atoms with E-state index < -0.39 is 12.0 Å². The Kier molecular flexibility index (Phi) is 4.30. The third-order valence-corrected chi connectivity index (χ3v) is 3.58. The molecule has 0 saturated heterocycles. The van der Waals surface area contributed by atoms with Gasteiger partial charge in [0.25, 0.3) is 0 Å². The van der Waals surface area contributed by atoms with Crippen molar-refractivity contribution >= 4 is 28.6 Å². The lowest BCUT2D eigenvalue weighted by molar-refractivity contribution is -0.140. The van der Waals surface area contributed by atoms with Gasteiger partial charge in [0.15, 0.2) is 0 Å². The number of benzene rings is 1. The smallest absolute Gasteiger partial charge is 0.320 e. The molecule has 2 aromatic rings. The molecule has 0 fully saturated rings. The first-order chi connectivity index (χ1) is 9.40. The summed E-state index contributed by atoms with van der Waals surface area (Å²) in [5.41, 5.74) is 1.79. The van der Waals surface area contributed by atoms with Gasteiger partial charge in [0.05, 0.1) is 17.6 Å². The second kappa shape index (κ2) is 5.81. The highest BCUT2D eigenvalue weighted by Gasteiger charge is 2.21. The second-order valence-corrected chi connectivity index (χ2v) is 5.60. The molecule has 0 aliphatic rings. The van der Waals surface area contributed by atoms with Crippen LogP contribution < -0.4 is 5.32 Å². The lowest BCUT2D eigenvalue weighted by Gasteiger charge is -2.17. The fraction of sp³-hybridized carbons (Fsp3) is 0.429. The number of hydrogen-bond donors (Lipinski definition) is 2. The Balaban J connectivity index is 2.22. The Morgan fingerprint density at radius 1 is 1.50 bits per heavy atom. The SMILES string of the molecule is CC(C)[C@@H](NCc1nc2ccc(Cl)cc2n1C)C(=O)O. The average Bonchev–Trinajstić information content (AvgIpc) is 2.66. The summed E-state index contributed by atoms with van der Waals surface area (Å²) in [5.74, 6) is -0.0485. The highest BCUT2D eigenvalue weighted by atomic mass is 35.5. The van der Waals surface area contributed by atoms with E-state index in [1.165, 1.54) is 0 Å². The van der Waals surface area contributed by atoms with Crippen molar-refractivity contribution in [1.82, 2.24) is 14.9 Å². The van der Waals surface area contributed by atoms with E-state index in [2.05, 4.69) is 10.3 Å². The monoisotopic (exact) mass is 295 g/mol. The zero-order valence-electron chi connectivity index (χ0n) is 11.7. The van der Waals surface area contributed by atoms with Crippen molar-refractivity contribution in [2.24, 2.45) is 13.0 Å². The van der Waals surface area contributed by atoms with Gasteiger partial charge in [-0.1, -0.05) is 25.4 Å². The Bertz CT molecular complexity index is 637. The maximum atomic E-state index is 11.2. The van der Waals surface area contributed by atoms with E-state index in [9.17, 15) is 4.79 Å². The van der Waals surface area contributed by atoms with Crippen LogP contribution in [0, 0.1) is 5.92 Å². The van der Waals surface area contributed by atoms with Gasteiger partial charge in [0, 0.05) is 12.1 Å². The molecular formula is C14H18ClN3O2. The number of nitrogens with zero attached hydrogens (tertiary/aromatic N) is 2.